The van der Waals surface area contributed by atoms with Gasteiger partial charge in [-0.05, 0) is 12.1 Å². The SMILES string of the molecule is N#CC(C#N)=C(C#N)Nc1cc(C(F)(F)F)cc(Cl)c1F. The Bertz CT molecular complexity index is 716. The molecular weight excluding hydrogens is 312 g/mol. The number of anilines is 1. The molecule has 0 saturated heterocycles. The lowest BCUT2D eigenvalue weighted by atomic mass is 10.1. The molecule has 0 amide bonds. The fourth-order valence-corrected chi connectivity index (χ4v) is 1.48. The van der Waals surface area contributed by atoms with Crippen LogP contribution < -0.4 is 5.32 Å². The Balaban J connectivity index is 3.43. The van der Waals surface area contributed by atoms with Crippen molar-refractivity contribution in [2.75, 3.05) is 5.32 Å². The van der Waals surface area contributed by atoms with Gasteiger partial charge < -0.3 is 5.32 Å². The first-order valence-electron chi connectivity index (χ1n) is 5.02. The number of benzene rings is 1. The molecule has 0 heterocycles. The van der Waals surface area contributed by atoms with E-state index in [2.05, 4.69) is 0 Å². The number of nitrogens with zero attached hydrogens (tertiary/aromatic N) is 3. The van der Waals surface area contributed by atoms with Gasteiger partial charge in [0.2, 0.25) is 0 Å². The second-order valence-electron chi connectivity index (χ2n) is 3.53. The molecule has 1 aromatic carbocycles. The van der Waals surface area contributed by atoms with Gasteiger partial charge in [-0.15, -0.1) is 0 Å². The summed E-state index contributed by atoms with van der Waals surface area (Å²) < 4.78 is 51.5. The standard InChI is InChI=1S/C12H3ClF4N4/c13-8-1-7(12(15,16)17)2-9(11(8)14)21-10(5-20)6(3-18)4-19/h1-2,21H. The van der Waals surface area contributed by atoms with Gasteiger partial charge in [-0.3, -0.25) is 0 Å². The minimum Gasteiger partial charge on any atom is -0.343 e. The first-order chi connectivity index (χ1) is 9.74. The molecule has 0 saturated carbocycles. The second kappa shape index (κ2) is 6.13. The Hall–Kier alpha value is -2.76. The molecule has 0 fully saturated rings. The maximum Gasteiger partial charge on any atom is 0.416 e. The Morgan fingerprint density at radius 3 is 2.10 bits per heavy atom. The van der Waals surface area contributed by atoms with Crippen molar-refractivity contribution in [3.05, 3.63) is 39.8 Å². The predicted molar refractivity (Wildman–Crippen MR) is 63.9 cm³/mol. The highest BCUT2D eigenvalue weighted by Gasteiger charge is 2.32. The fourth-order valence-electron chi connectivity index (χ4n) is 1.26. The molecule has 0 aliphatic rings. The summed E-state index contributed by atoms with van der Waals surface area (Å²) in [6.45, 7) is 0. The highest BCUT2D eigenvalue weighted by atomic mass is 35.5. The van der Waals surface area contributed by atoms with Crippen LogP contribution in [0.1, 0.15) is 5.56 Å². The van der Waals surface area contributed by atoms with E-state index in [0.717, 1.165) is 0 Å². The first kappa shape index (κ1) is 16.3. The normalized spacial score (nSPS) is 10.0. The third kappa shape index (κ3) is 3.62. The highest BCUT2D eigenvalue weighted by molar-refractivity contribution is 6.31. The summed E-state index contributed by atoms with van der Waals surface area (Å²) >= 11 is 5.36. The van der Waals surface area contributed by atoms with Crippen LogP contribution in [0.5, 0.6) is 0 Å². The number of alkyl halides is 3. The molecule has 0 aromatic heterocycles. The van der Waals surface area contributed by atoms with Crippen LogP contribution in [0.4, 0.5) is 23.2 Å². The zero-order valence-corrected chi connectivity index (χ0v) is 10.6. The lowest BCUT2D eigenvalue weighted by Gasteiger charge is -2.12. The topological polar surface area (TPSA) is 83.4 Å². The van der Waals surface area contributed by atoms with Gasteiger partial charge >= 0.3 is 6.18 Å². The summed E-state index contributed by atoms with van der Waals surface area (Å²) in [5.41, 5.74) is -3.40. The van der Waals surface area contributed by atoms with E-state index in [4.69, 9.17) is 27.4 Å². The molecule has 9 heteroatoms. The molecule has 1 N–H and O–H groups in total. The average molecular weight is 315 g/mol. The molecule has 0 atom stereocenters. The quantitative estimate of drug-likeness (QED) is 0.666. The summed E-state index contributed by atoms with van der Waals surface area (Å²) in [6.07, 6.45) is -4.78. The zero-order chi connectivity index (χ0) is 16.2. The van der Waals surface area contributed by atoms with Gasteiger partial charge in [0, 0.05) is 0 Å². The van der Waals surface area contributed by atoms with Gasteiger partial charge in [-0.25, -0.2) is 4.39 Å². The Morgan fingerprint density at radius 1 is 1.10 bits per heavy atom. The molecule has 0 aliphatic heterocycles. The second-order valence-corrected chi connectivity index (χ2v) is 3.93. The van der Waals surface area contributed by atoms with Crippen molar-refractivity contribution in [1.29, 1.82) is 15.8 Å². The van der Waals surface area contributed by atoms with E-state index in [-0.39, 0.29) is 0 Å². The smallest absolute Gasteiger partial charge is 0.343 e. The van der Waals surface area contributed by atoms with Crippen LogP contribution in [0.25, 0.3) is 0 Å². The van der Waals surface area contributed by atoms with Crippen molar-refractivity contribution in [2.45, 2.75) is 6.18 Å². The van der Waals surface area contributed by atoms with Crippen LogP contribution >= 0.6 is 11.6 Å². The molecule has 1 aromatic rings. The number of halogens is 5. The number of hydrogen-bond donors (Lipinski definition) is 1. The number of rotatable bonds is 2. The summed E-state index contributed by atoms with van der Waals surface area (Å²) in [5.74, 6) is -1.24. The van der Waals surface area contributed by atoms with E-state index in [1.165, 1.54) is 18.2 Å². The van der Waals surface area contributed by atoms with Crippen molar-refractivity contribution in [1.82, 2.24) is 0 Å². The number of hydrogen-bond acceptors (Lipinski definition) is 4. The van der Waals surface area contributed by atoms with E-state index in [9.17, 15) is 17.6 Å². The summed E-state index contributed by atoms with van der Waals surface area (Å²) in [6, 6.07) is 4.87. The molecule has 0 aliphatic carbocycles. The van der Waals surface area contributed by atoms with Crippen molar-refractivity contribution < 1.29 is 17.6 Å². The lowest BCUT2D eigenvalue weighted by molar-refractivity contribution is -0.137. The third-order valence-electron chi connectivity index (χ3n) is 2.20. The average Bonchev–Trinajstić information content (AvgIpc) is 2.42. The van der Waals surface area contributed by atoms with Crippen molar-refractivity contribution in [3.63, 3.8) is 0 Å². The van der Waals surface area contributed by atoms with Crippen molar-refractivity contribution in [3.8, 4) is 18.2 Å². The molecule has 1 rings (SSSR count). The number of nitriles is 3. The Kier molecular flexibility index (Phi) is 4.75. The maximum atomic E-state index is 13.7. The number of allylic oxidation sites excluding steroid dienone is 2. The molecule has 0 radical (unpaired) electrons. The minimum atomic E-state index is -4.78. The van der Waals surface area contributed by atoms with Gasteiger partial charge in [-0.1, -0.05) is 11.6 Å². The molecule has 0 bridgehead atoms. The van der Waals surface area contributed by atoms with Crippen molar-refractivity contribution >= 4 is 17.3 Å². The van der Waals surface area contributed by atoms with Crippen LogP contribution in [0.3, 0.4) is 0 Å². The molecule has 0 unspecified atom stereocenters. The fraction of sp³-hybridized carbons (Fsp3) is 0.0833. The van der Waals surface area contributed by atoms with E-state index in [1.54, 1.807) is 0 Å². The van der Waals surface area contributed by atoms with Crippen LogP contribution in [0.2, 0.25) is 5.02 Å². The molecule has 0 spiro atoms. The molecule has 106 valence electrons. The maximum absolute atomic E-state index is 13.7. The van der Waals surface area contributed by atoms with E-state index >= 15 is 0 Å². The summed E-state index contributed by atoms with van der Waals surface area (Å²) in [7, 11) is 0. The van der Waals surface area contributed by atoms with E-state index < -0.39 is 39.5 Å². The zero-order valence-electron chi connectivity index (χ0n) is 9.89. The van der Waals surface area contributed by atoms with Gasteiger partial charge in [-0.2, -0.15) is 29.0 Å². The van der Waals surface area contributed by atoms with Gasteiger partial charge in [0.25, 0.3) is 0 Å². The summed E-state index contributed by atoms with van der Waals surface area (Å²) in [5, 5.41) is 27.1. The molecule has 21 heavy (non-hydrogen) atoms. The van der Waals surface area contributed by atoms with Crippen LogP contribution in [0, 0.1) is 39.8 Å². The minimum absolute atomic E-state index is 0.380. The lowest BCUT2D eigenvalue weighted by Crippen LogP contribution is -2.09. The van der Waals surface area contributed by atoms with Crippen LogP contribution in [0.15, 0.2) is 23.4 Å². The predicted octanol–water partition coefficient (Wildman–Crippen LogP) is 3.73. The molecule has 4 nitrogen and oxygen atoms in total. The van der Waals surface area contributed by atoms with Crippen molar-refractivity contribution in [2.24, 2.45) is 0 Å². The van der Waals surface area contributed by atoms with E-state index in [0.29, 0.717) is 12.1 Å². The van der Waals surface area contributed by atoms with Gasteiger partial charge in [0.15, 0.2) is 11.4 Å². The van der Waals surface area contributed by atoms with Gasteiger partial charge in [0.05, 0.1) is 16.3 Å². The molecular formula is C12H3ClF4N4. The monoisotopic (exact) mass is 314 g/mol. The van der Waals surface area contributed by atoms with E-state index in [1.807, 2.05) is 5.32 Å². The summed E-state index contributed by atoms with van der Waals surface area (Å²) in [4.78, 5) is 0. The largest absolute Gasteiger partial charge is 0.416 e. The van der Waals surface area contributed by atoms with Crippen LogP contribution in [-0.4, -0.2) is 0 Å². The number of nitrogens with one attached hydrogen (secondary N) is 1. The Morgan fingerprint density at radius 2 is 1.67 bits per heavy atom. The first-order valence-corrected chi connectivity index (χ1v) is 5.40. The van der Waals surface area contributed by atoms with Gasteiger partial charge in [0.1, 0.15) is 23.9 Å². The third-order valence-corrected chi connectivity index (χ3v) is 2.48. The Labute approximate surface area is 121 Å². The highest BCUT2D eigenvalue weighted by Crippen LogP contribution is 2.35. The van der Waals surface area contributed by atoms with Crippen LogP contribution in [-0.2, 0) is 6.18 Å².